The molecule has 0 aromatic heterocycles. The molecule has 1 rings (SSSR count). The lowest BCUT2D eigenvalue weighted by atomic mass is 10.00. The zero-order valence-electron chi connectivity index (χ0n) is 19.6. The van der Waals surface area contributed by atoms with Crippen molar-refractivity contribution in [3.8, 4) is 11.8 Å². The number of aliphatic imine (C=N–C) groups is 1. The van der Waals surface area contributed by atoms with Gasteiger partial charge >= 0.3 is 0 Å². The Kier molecular flexibility index (Phi) is 23.7. The molecule has 0 atom stereocenters. The van der Waals surface area contributed by atoms with E-state index in [2.05, 4.69) is 68.0 Å². The molecule has 1 heteroatoms. The molecule has 0 N–H and O–H groups in total. The molecule has 0 spiro atoms. The van der Waals surface area contributed by atoms with Crippen LogP contribution in [0.5, 0.6) is 0 Å². The Balaban J connectivity index is -0.000000621. The van der Waals surface area contributed by atoms with Crippen LogP contribution >= 0.6 is 0 Å². The molecule has 0 bridgehead atoms. The van der Waals surface area contributed by atoms with Crippen molar-refractivity contribution in [3.05, 3.63) is 64.9 Å². The van der Waals surface area contributed by atoms with Gasteiger partial charge in [0.05, 0.1) is 0 Å². The molecule has 0 aliphatic heterocycles. The maximum Gasteiger partial charge on any atom is 0.0378 e. The van der Waals surface area contributed by atoms with Crippen molar-refractivity contribution in [2.75, 3.05) is 0 Å². The minimum atomic E-state index is 1.00. The molecule has 0 heterocycles. The second-order valence-electron chi connectivity index (χ2n) is 5.21. The zero-order chi connectivity index (χ0) is 21.7. The van der Waals surface area contributed by atoms with Crippen molar-refractivity contribution in [1.82, 2.24) is 0 Å². The quantitative estimate of drug-likeness (QED) is 0.288. The minimum absolute atomic E-state index is 1.00. The fourth-order valence-corrected chi connectivity index (χ4v) is 1.98. The van der Waals surface area contributed by atoms with E-state index >= 15 is 0 Å². The molecule has 27 heavy (non-hydrogen) atoms. The molecule has 0 saturated heterocycles. The van der Waals surface area contributed by atoms with Crippen molar-refractivity contribution in [1.29, 1.82) is 0 Å². The van der Waals surface area contributed by atoms with Gasteiger partial charge in [-0.3, -0.25) is 4.99 Å². The summed E-state index contributed by atoms with van der Waals surface area (Å²) in [5, 5.41) is 0. The Hall–Kier alpha value is -2.33. The van der Waals surface area contributed by atoms with Crippen LogP contribution < -0.4 is 0 Å². The summed E-state index contributed by atoms with van der Waals surface area (Å²) in [5.74, 6) is 5.36. The van der Waals surface area contributed by atoms with Gasteiger partial charge in [-0.25, -0.2) is 0 Å². The van der Waals surface area contributed by atoms with E-state index in [1.54, 1.807) is 0 Å². The molecule has 0 unspecified atom stereocenters. The van der Waals surface area contributed by atoms with Gasteiger partial charge in [-0.15, -0.1) is 11.8 Å². The van der Waals surface area contributed by atoms with Crippen molar-refractivity contribution >= 4 is 11.8 Å². The summed E-state index contributed by atoms with van der Waals surface area (Å²) in [6, 6.07) is 6.61. The smallest absolute Gasteiger partial charge is 0.0378 e. The van der Waals surface area contributed by atoms with Crippen LogP contribution in [0.2, 0.25) is 0 Å². The number of aryl methyl sites for hydroxylation is 2. The average Bonchev–Trinajstić information content (AvgIpc) is 2.69. The topological polar surface area (TPSA) is 12.4 Å². The molecule has 0 fully saturated rings. The third kappa shape index (κ3) is 16.9. The summed E-state index contributed by atoms with van der Waals surface area (Å²) < 4.78 is 0. The van der Waals surface area contributed by atoms with Crippen molar-refractivity contribution in [2.24, 2.45) is 4.99 Å². The molecule has 0 amide bonds. The van der Waals surface area contributed by atoms with Gasteiger partial charge in [0, 0.05) is 11.9 Å². The van der Waals surface area contributed by atoms with Gasteiger partial charge in [0.1, 0.15) is 0 Å². The second-order valence-corrected chi connectivity index (χ2v) is 5.21. The number of hydrogen-bond acceptors (Lipinski definition) is 1. The van der Waals surface area contributed by atoms with Crippen molar-refractivity contribution in [2.45, 2.75) is 76.2 Å². The van der Waals surface area contributed by atoms with Crippen molar-refractivity contribution in [3.63, 3.8) is 0 Å². The van der Waals surface area contributed by atoms with Crippen LogP contribution in [0.15, 0.2) is 53.2 Å². The van der Waals surface area contributed by atoms with Crippen LogP contribution in [-0.2, 0) is 0 Å². The van der Waals surface area contributed by atoms with Crippen LogP contribution in [-0.4, -0.2) is 6.21 Å². The SMILES string of the molecule is CC.CC.CC#CC.C\C=C/C=N\C(C)=C\C(=C/C)c1cc(C)cc(C)c1. The summed E-state index contributed by atoms with van der Waals surface area (Å²) in [4.78, 5) is 4.38. The Bertz CT molecular complexity index is 633. The molecular weight excluding hydrogens is 326 g/mol. The molecule has 0 radical (unpaired) electrons. The molecule has 0 saturated carbocycles. The summed E-state index contributed by atoms with van der Waals surface area (Å²) in [5.41, 5.74) is 6.04. The lowest BCUT2D eigenvalue weighted by molar-refractivity contribution is 1.31. The van der Waals surface area contributed by atoms with E-state index in [1.807, 2.05) is 73.8 Å². The minimum Gasteiger partial charge on any atom is -0.262 e. The van der Waals surface area contributed by atoms with Gasteiger partial charge < -0.3 is 0 Å². The third-order valence-electron chi connectivity index (χ3n) is 3.04. The standard InChI is InChI=1S/C18H23N.C4H6.2C2H6/c1-6-8-9-19-16(5)13-17(7-2)18-11-14(3)10-15(4)12-18;1-3-4-2;2*1-2/h6-13H,1-5H3;1-2H3;2*1-2H3/b8-6-,16-13+,17-7+,19-9-;;;. The van der Waals surface area contributed by atoms with Gasteiger partial charge in [0.2, 0.25) is 0 Å². The first-order chi connectivity index (χ1) is 13.0. The first-order valence-electron chi connectivity index (χ1n) is 9.90. The van der Waals surface area contributed by atoms with Gasteiger partial charge in [-0.2, -0.15) is 0 Å². The maximum absolute atomic E-state index is 4.38. The maximum atomic E-state index is 4.38. The lowest BCUT2D eigenvalue weighted by Gasteiger charge is -2.06. The number of allylic oxidation sites excluding steroid dienone is 6. The van der Waals surface area contributed by atoms with Crippen molar-refractivity contribution < 1.29 is 0 Å². The fourth-order valence-electron chi connectivity index (χ4n) is 1.98. The Labute approximate surface area is 170 Å². The van der Waals surface area contributed by atoms with Gasteiger partial charge in [-0.05, 0) is 71.8 Å². The van der Waals surface area contributed by atoms with Crippen LogP contribution in [0, 0.1) is 25.7 Å². The monoisotopic (exact) mass is 367 g/mol. The Morgan fingerprint density at radius 1 is 0.889 bits per heavy atom. The van der Waals surface area contributed by atoms with E-state index in [0.29, 0.717) is 0 Å². The lowest BCUT2D eigenvalue weighted by Crippen LogP contribution is -1.86. The second kappa shape index (κ2) is 21.7. The molecule has 0 aliphatic rings. The van der Waals surface area contributed by atoms with E-state index in [1.165, 1.54) is 22.3 Å². The number of hydrogen-bond donors (Lipinski definition) is 0. The highest BCUT2D eigenvalue weighted by molar-refractivity contribution is 5.77. The highest BCUT2D eigenvalue weighted by Gasteiger charge is 2.00. The highest BCUT2D eigenvalue weighted by Crippen LogP contribution is 2.20. The van der Waals surface area contributed by atoms with E-state index < -0.39 is 0 Å². The van der Waals surface area contributed by atoms with E-state index in [9.17, 15) is 0 Å². The number of nitrogens with zero attached hydrogens (tertiary/aromatic N) is 1. The van der Waals surface area contributed by atoms with E-state index in [4.69, 9.17) is 0 Å². The predicted molar refractivity (Wildman–Crippen MR) is 128 cm³/mol. The summed E-state index contributed by atoms with van der Waals surface area (Å²) >= 11 is 0. The molecule has 1 aromatic carbocycles. The van der Waals surface area contributed by atoms with Crippen LogP contribution in [0.3, 0.4) is 0 Å². The molecular formula is C26H41N. The predicted octanol–water partition coefficient (Wildman–Crippen LogP) is 8.34. The van der Waals surface area contributed by atoms with Crippen LogP contribution in [0.4, 0.5) is 0 Å². The van der Waals surface area contributed by atoms with Gasteiger partial charge in [0.15, 0.2) is 0 Å². The molecule has 1 nitrogen and oxygen atoms in total. The van der Waals surface area contributed by atoms with Crippen LogP contribution in [0.25, 0.3) is 5.57 Å². The third-order valence-corrected chi connectivity index (χ3v) is 3.04. The van der Waals surface area contributed by atoms with Crippen LogP contribution in [0.1, 0.15) is 79.0 Å². The van der Waals surface area contributed by atoms with Gasteiger partial charge in [-0.1, -0.05) is 69.2 Å². The first kappa shape index (κ1) is 29.4. The largest absolute Gasteiger partial charge is 0.262 e. The number of rotatable bonds is 4. The molecule has 150 valence electrons. The molecule has 0 aliphatic carbocycles. The average molecular weight is 368 g/mol. The molecule has 1 aromatic rings. The zero-order valence-corrected chi connectivity index (χ0v) is 19.6. The van der Waals surface area contributed by atoms with E-state index in [0.717, 1.165) is 5.70 Å². The summed E-state index contributed by atoms with van der Waals surface area (Å²) in [6.07, 6.45) is 9.97. The Morgan fingerprint density at radius 3 is 1.74 bits per heavy atom. The fraction of sp³-hybridized carbons (Fsp3) is 0.423. The van der Waals surface area contributed by atoms with E-state index in [-0.39, 0.29) is 0 Å². The summed E-state index contributed by atoms with van der Waals surface area (Å²) in [7, 11) is 0. The van der Waals surface area contributed by atoms with Gasteiger partial charge in [0.25, 0.3) is 0 Å². The number of benzene rings is 1. The highest BCUT2D eigenvalue weighted by atomic mass is 14.7. The first-order valence-corrected chi connectivity index (χ1v) is 9.90. The normalized spacial score (nSPS) is 10.6. The Morgan fingerprint density at radius 2 is 1.37 bits per heavy atom. The summed E-state index contributed by atoms with van der Waals surface area (Å²) in [6.45, 7) is 22.0.